The molecule has 0 bridgehead atoms. The van der Waals surface area contributed by atoms with Crippen molar-refractivity contribution in [1.82, 2.24) is 4.90 Å². The lowest BCUT2D eigenvalue weighted by molar-refractivity contribution is -0.171. The van der Waals surface area contributed by atoms with Crippen LogP contribution in [0, 0.1) is 11.7 Å². The molecule has 1 fully saturated rings. The van der Waals surface area contributed by atoms with Crippen molar-refractivity contribution in [2.24, 2.45) is 5.92 Å². The van der Waals surface area contributed by atoms with Crippen molar-refractivity contribution in [3.8, 4) is 5.75 Å². The molecule has 11 nitrogen and oxygen atoms in total. The van der Waals surface area contributed by atoms with E-state index in [1.54, 1.807) is 51.1 Å². The number of rotatable bonds is 10. The van der Waals surface area contributed by atoms with E-state index < -0.39 is 71.3 Å². The zero-order valence-corrected chi connectivity index (χ0v) is 28.9. The van der Waals surface area contributed by atoms with Gasteiger partial charge in [0.05, 0.1) is 11.7 Å². The van der Waals surface area contributed by atoms with Crippen molar-refractivity contribution >= 4 is 35.4 Å². The Bertz CT molecular complexity index is 1580. The fourth-order valence-corrected chi connectivity index (χ4v) is 5.78. The number of amides is 3. The van der Waals surface area contributed by atoms with E-state index in [9.17, 15) is 37.5 Å². The molecule has 274 valence electrons. The maximum atomic E-state index is 16.8. The van der Waals surface area contributed by atoms with E-state index in [0.29, 0.717) is 5.56 Å². The lowest BCUT2D eigenvalue weighted by Crippen LogP contribution is -2.49. The quantitative estimate of drug-likeness (QED) is 0.205. The van der Waals surface area contributed by atoms with E-state index in [4.69, 9.17) is 14.2 Å². The monoisotopic (exact) mass is 709 g/mol. The predicted octanol–water partition coefficient (Wildman–Crippen LogP) is 7.09. The summed E-state index contributed by atoms with van der Waals surface area (Å²) in [6, 6.07) is 8.28. The summed E-state index contributed by atoms with van der Waals surface area (Å²) in [6.07, 6.45) is -5.45. The van der Waals surface area contributed by atoms with Crippen LogP contribution >= 0.6 is 0 Å². The minimum atomic E-state index is -5.55. The number of fused-ring (bicyclic) bond motifs is 1. The average Bonchev–Trinajstić information content (AvgIpc) is 3.32. The first-order valence-electron chi connectivity index (χ1n) is 16.3. The largest absolute Gasteiger partial charge is 0.487 e. The van der Waals surface area contributed by atoms with Gasteiger partial charge in [0, 0.05) is 31.1 Å². The maximum Gasteiger partial charge on any atom is 0.471 e. The third-order valence-corrected chi connectivity index (χ3v) is 8.04. The molecule has 2 aliphatic rings. The topological polar surface area (TPSA) is 126 Å². The summed E-state index contributed by atoms with van der Waals surface area (Å²) < 4.78 is 75.5. The Balaban J connectivity index is 1.82. The lowest BCUT2D eigenvalue weighted by Gasteiger charge is -2.36. The van der Waals surface area contributed by atoms with E-state index in [-0.39, 0.29) is 48.2 Å². The number of alkyl halides is 3. The van der Waals surface area contributed by atoms with Gasteiger partial charge in [0.15, 0.2) is 5.82 Å². The predicted molar refractivity (Wildman–Crippen MR) is 175 cm³/mol. The molecule has 1 N–H and O–H groups in total. The van der Waals surface area contributed by atoms with Crippen LogP contribution < -0.4 is 14.5 Å². The van der Waals surface area contributed by atoms with Crippen molar-refractivity contribution in [3.63, 3.8) is 0 Å². The standard InChI is InChI=1S/C35H43F4N3O8/c1-33(2,3)49-27(43)19-41(30(44)35(37,38)39)29-26(48-20-22-11-8-7-9-12-22)16-25-24(28(29)36)15-23(42(25)31(45)46)18-40(17-21-13-10-14-21)32(47)50-34(4,5)6/h7-9,11-12,16,21,23H,10,13-15,17-20H2,1-6H3,(H,45,46)/t23-/m1/s1. The summed E-state index contributed by atoms with van der Waals surface area (Å²) in [7, 11) is 0. The number of halogens is 4. The molecule has 0 radical (unpaired) electrons. The number of hydrogen-bond acceptors (Lipinski definition) is 7. The Morgan fingerprint density at radius 3 is 2.08 bits per heavy atom. The van der Waals surface area contributed by atoms with Gasteiger partial charge < -0.3 is 24.2 Å². The van der Waals surface area contributed by atoms with Crippen LogP contribution in [0.2, 0.25) is 0 Å². The highest BCUT2D eigenvalue weighted by molar-refractivity contribution is 6.03. The minimum Gasteiger partial charge on any atom is -0.487 e. The fraction of sp³-hybridized carbons (Fsp3) is 0.543. The Hall–Kier alpha value is -4.56. The van der Waals surface area contributed by atoms with Crippen molar-refractivity contribution in [3.05, 3.63) is 53.3 Å². The average molecular weight is 710 g/mol. The number of hydrogen-bond donors (Lipinski definition) is 1. The molecule has 1 heterocycles. The molecule has 1 atom stereocenters. The van der Waals surface area contributed by atoms with Crippen LogP contribution in [0.5, 0.6) is 5.75 Å². The molecule has 50 heavy (non-hydrogen) atoms. The van der Waals surface area contributed by atoms with Crippen molar-refractivity contribution in [2.75, 3.05) is 29.4 Å². The van der Waals surface area contributed by atoms with Crippen molar-refractivity contribution < 1.29 is 56.1 Å². The van der Waals surface area contributed by atoms with E-state index in [1.807, 2.05) is 0 Å². The number of nitrogens with zero attached hydrogens (tertiary/aromatic N) is 3. The maximum absolute atomic E-state index is 16.8. The van der Waals surface area contributed by atoms with Gasteiger partial charge in [-0.1, -0.05) is 36.8 Å². The Morgan fingerprint density at radius 2 is 1.56 bits per heavy atom. The third kappa shape index (κ3) is 9.57. The van der Waals surface area contributed by atoms with E-state index in [2.05, 4.69) is 0 Å². The lowest BCUT2D eigenvalue weighted by atomic mass is 9.85. The summed E-state index contributed by atoms with van der Waals surface area (Å²) in [5.74, 6) is -5.66. The summed E-state index contributed by atoms with van der Waals surface area (Å²) in [5, 5.41) is 10.4. The number of benzene rings is 2. The van der Waals surface area contributed by atoms with Crippen molar-refractivity contribution in [1.29, 1.82) is 0 Å². The minimum absolute atomic E-state index is 0.0912. The van der Waals surface area contributed by atoms with Crippen LogP contribution in [0.15, 0.2) is 36.4 Å². The van der Waals surface area contributed by atoms with Crippen LogP contribution in [0.25, 0.3) is 0 Å². The van der Waals surface area contributed by atoms with Gasteiger partial charge in [0.2, 0.25) is 0 Å². The molecule has 1 aliphatic heterocycles. The van der Waals surface area contributed by atoms with E-state index >= 15 is 4.39 Å². The van der Waals surface area contributed by atoms with E-state index in [0.717, 1.165) is 30.2 Å². The Kier molecular flexibility index (Phi) is 11.3. The van der Waals surface area contributed by atoms with Crippen LogP contribution in [0.4, 0.5) is 38.5 Å². The van der Waals surface area contributed by atoms with Gasteiger partial charge in [0.25, 0.3) is 0 Å². The Labute approximate surface area is 288 Å². The third-order valence-electron chi connectivity index (χ3n) is 8.04. The van der Waals surface area contributed by atoms with Gasteiger partial charge in [-0.15, -0.1) is 0 Å². The molecule has 0 aromatic heterocycles. The summed E-state index contributed by atoms with van der Waals surface area (Å²) in [4.78, 5) is 53.8. The second-order valence-corrected chi connectivity index (χ2v) is 14.5. The van der Waals surface area contributed by atoms with Crippen LogP contribution in [-0.2, 0) is 32.1 Å². The van der Waals surface area contributed by atoms with Crippen LogP contribution in [0.1, 0.15) is 71.9 Å². The highest BCUT2D eigenvalue weighted by Crippen LogP contribution is 2.46. The zero-order valence-electron chi connectivity index (χ0n) is 28.9. The summed E-state index contributed by atoms with van der Waals surface area (Å²) in [5.41, 5.74) is -3.07. The van der Waals surface area contributed by atoms with Gasteiger partial charge in [-0.3, -0.25) is 19.4 Å². The van der Waals surface area contributed by atoms with Gasteiger partial charge in [-0.25, -0.2) is 14.0 Å². The fourth-order valence-electron chi connectivity index (χ4n) is 5.78. The number of carbonyl (C=O) groups excluding carboxylic acids is 3. The number of carboxylic acid groups (broad SMARTS) is 1. The molecule has 0 unspecified atom stereocenters. The van der Waals surface area contributed by atoms with Crippen LogP contribution in [0.3, 0.4) is 0 Å². The first-order valence-corrected chi connectivity index (χ1v) is 16.3. The smallest absolute Gasteiger partial charge is 0.471 e. The SMILES string of the molecule is CC(C)(C)OC(=O)CN(C(=O)C(F)(F)F)c1c(OCc2ccccc2)cc2c(c1F)C[C@H](CN(CC1CCC1)C(=O)OC(C)(C)C)N2C(=O)O. The highest BCUT2D eigenvalue weighted by Gasteiger charge is 2.48. The highest BCUT2D eigenvalue weighted by atomic mass is 19.4. The zero-order chi connectivity index (χ0) is 37.2. The number of esters is 1. The van der Waals surface area contributed by atoms with Crippen molar-refractivity contribution in [2.45, 2.75) is 97.3 Å². The summed E-state index contributed by atoms with van der Waals surface area (Å²) >= 11 is 0. The number of carbonyl (C=O) groups is 4. The number of anilines is 2. The molecule has 3 amide bonds. The summed E-state index contributed by atoms with van der Waals surface area (Å²) in [6.45, 7) is 7.86. The molecular weight excluding hydrogens is 666 g/mol. The van der Waals surface area contributed by atoms with Gasteiger partial charge in [-0.05, 0) is 65.9 Å². The second-order valence-electron chi connectivity index (χ2n) is 14.5. The Morgan fingerprint density at radius 1 is 0.940 bits per heavy atom. The normalized spacial score (nSPS) is 16.3. The molecule has 0 saturated heterocycles. The van der Waals surface area contributed by atoms with E-state index in [1.165, 1.54) is 25.7 Å². The molecule has 1 saturated carbocycles. The molecule has 2 aromatic carbocycles. The number of ether oxygens (including phenoxy) is 3. The first kappa shape index (κ1) is 38.2. The molecular formula is C35H43F4N3O8. The van der Waals surface area contributed by atoms with Gasteiger partial charge in [-0.2, -0.15) is 13.2 Å². The van der Waals surface area contributed by atoms with Crippen LogP contribution in [-0.4, -0.2) is 77.1 Å². The van der Waals surface area contributed by atoms with Gasteiger partial charge >= 0.3 is 30.2 Å². The molecule has 0 spiro atoms. The molecule has 4 rings (SSSR count). The first-order chi connectivity index (χ1) is 23.1. The second kappa shape index (κ2) is 14.7. The van der Waals surface area contributed by atoms with Gasteiger partial charge in [0.1, 0.15) is 35.8 Å². The molecule has 2 aromatic rings. The molecule has 15 heteroatoms. The molecule has 1 aliphatic carbocycles.